The van der Waals surface area contributed by atoms with Crippen LogP contribution < -0.4 is 9.47 Å². The number of methoxy groups -OCH3 is 2. The Hall–Kier alpha value is -2.69. The monoisotopic (exact) mass is 316 g/mol. The maximum absolute atomic E-state index is 12.5. The zero-order valence-corrected chi connectivity index (χ0v) is 13.6. The van der Waals surface area contributed by atoms with E-state index in [-0.39, 0.29) is 23.0 Å². The Bertz CT molecular complexity index is 738. The van der Waals surface area contributed by atoms with E-state index in [1.54, 1.807) is 25.1 Å². The zero-order valence-electron chi connectivity index (χ0n) is 13.6. The lowest BCUT2D eigenvalue weighted by Gasteiger charge is -2.30. The summed E-state index contributed by atoms with van der Waals surface area (Å²) in [5, 5.41) is 19.4. The van der Waals surface area contributed by atoms with Gasteiger partial charge in [-0.15, -0.1) is 0 Å². The Balaban J connectivity index is 2.72. The average Bonchev–Trinajstić information content (AvgIpc) is 2.54. The standard InChI is InChI=1S/C18H20O5/c1-11(19)18(2,12-5-8-15(21)17(9-12)23-4)14-7-6-13(20)10-16(14)22-3/h5-10,20-21H,1-4H3. The van der Waals surface area contributed by atoms with Crippen molar-refractivity contribution in [2.75, 3.05) is 14.2 Å². The van der Waals surface area contributed by atoms with E-state index >= 15 is 0 Å². The first-order valence-electron chi connectivity index (χ1n) is 7.10. The molecule has 1 atom stereocenters. The van der Waals surface area contributed by atoms with E-state index in [9.17, 15) is 15.0 Å². The van der Waals surface area contributed by atoms with Crippen LogP contribution in [0.3, 0.4) is 0 Å². The van der Waals surface area contributed by atoms with Gasteiger partial charge in [-0.3, -0.25) is 4.79 Å². The molecule has 0 radical (unpaired) electrons. The molecule has 2 aromatic rings. The van der Waals surface area contributed by atoms with Crippen LogP contribution in [0.25, 0.3) is 0 Å². The number of carbonyl (C=O) groups is 1. The summed E-state index contributed by atoms with van der Waals surface area (Å²) >= 11 is 0. The number of benzene rings is 2. The summed E-state index contributed by atoms with van der Waals surface area (Å²) in [6.45, 7) is 3.27. The number of hydrogen-bond donors (Lipinski definition) is 2. The highest BCUT2D eigenvalue weighted by Crippen LogP contribution is 2.42. The molecule has 0 fully saturated rings. The number of aromatic hydroxyl groups is 2. The smallest absolute Gasteiger partial charge is 0.160 e. The number of ketones is 1. The molecule has 0 aliphatic carbocycles. The molecule has 23 heavy (non-hydrogen) atoms. The van der Waals surface area contributed by atoms with Crippen LogP contribution in [0.2, 0.25) is 0 Å². The lowest BCUT2D eigenvalue weighted by Crippen LogP contribution is -2.32. The van der Waals surface area contributed by atoms with Crippen LogP contribution in [0, 0.1) is 0 Å². The van der Waals surface area contributed by atoms with Crippen LogP contribution in [-0.4, -0.2) is 30.2 Å². The molecule has 5 nitrogen and oxygen atoms in total. The molecule has 0 heterocycles. The van der Waals surface area contributed by atoms with E-state index in [0.717, 1.165) is 0 Å². The number of ether oxygens (including phenoxy) is 2. The van der Waals surface area contributed by atoms with Crippen LogP contribution in [0.15, 0.2) is 36.4 Å². The molecule has 0 amide bonds. The highest BCUT2D eigenvalue weighted by Gasteiger charge is 2.37. The summed E-state index contributed by atoms with van der Waals surface area (Å²) in [7, 11) is 2.93. The second-order valence-corrected chi connectivity index (χ2v) is 5.45. The fourth-order valence-corrected chi connectivity index (χ4v) is 2.63. The zero-order chi connectivity index (χ0) is 17.2. The Morgan fingerprint density at radius 1 is 1.00 bits per heavy atom. The van der Waals surface area contributed by atoms with Crippen molar-refractivity contribution in [1.82, 2.24) is 0 Å². The van der Waals surface area contributed by atoms with E-state index in [1.165, 1.54) is 39.3 Å². The minimum Gasteiger partial charge on any atom is -0.508 e. The Morgan fingerprint density at radius 2 is 1.65 bits per heavy atom. The number of hydrogen-bond acceptors (Lipinski definition) is 5. The third-order valence-electron chi connectivity index (χ3n) is 4.18. The van der Waals surface area contributed by atoms with Crippen LogP contribution in [0.5, 0.6) is 23.0 Å². The molecular weight excluding hydrogens is 296 g/mol. The van der Waals surface area contributed by atoms with Gasteiger partial charge in [-0.2, -0.15) is 0 Å². The molecule has 5 heteroatoms. The van der Waals surface area contributed by atoms with Gasteiger partial charge >= 0.3 is 0 Å². The minimum atomic E-state index is -1.01. The van der Waals surface area contributed by atoms with Crippen molar-refractivity contribution >= 4 is 5.78 Å². The Morgan fingerprint density at radius 3 is 2.22 bits per heavy atom. The SMILES string of the molecule is COc1cc(C(C)(C(C)=O)c2ccc(O)cc2OC)ccc1O. The summed E-state index contributed by atoms with van der Waals surface area (Å²) in [5.41, 5.74) is 0.265. The Labute approximate surface area is 135 Å². The van der Waals surface area contributed by atoms with Gasteiger partial charge in [-0.1, -0.05) is 12.1 Å². The summed E-state index contributed by atoms with van der Waals surface area (Å²) in [6.07, 6.45) is 0. The largest absolute Gasteiger partial charge is 0.508 e. The quantitative estimate of drug-likeness (QED) is 0.887. The second-order valence-electron chi connectivity index (χ2n) is 5.45. The summed E-state index contributed by atoms with van der Waals surface area (Å²) in [5.74, 6) is 0.649. The van der Waals surface area contributed by atoms with Gasteiger partial charge in [0.1, 0.15) is 17.3 Å². The predicted molar refractivity (Wildman–Crippen MR) is 86.5 cm³/mol. The van der Waals surface area contributed by atoms with Gasteiger partial charge in [-0.25, -0.2) is 0 Å². The Kier molecular flexibility index (Phi) is 4.50. The normalized spacial score (nSPS) is 13.2. The van der Waals surface area contributed by atoms with E-state index in [1.807, 2.05) is 0 Å². The van der Waals surface area contributed by atoms with Crippen molar-refractivity contribution in [2.45, 2.75) is 19.3 Å². The highest BCUT2D eigenvalue weighted by atomic mass is 16.5. The number of phenols is 2. The minimum absolute atomic E-state index is 0.000164. The number of carbonyl (C=O) groups excluding carboxylic acids is 1. The van der Waals surface area contributed by atoms with Crippen LogP contribution in [-0.2, 0) is 10.2 Å². The van der Waals surface area contributed by atoms with Crippen molar-refractivity contribution in [2.24, 2.45) is 0 Å². The third kappa shape index (κ3) is 2.82. The molecule has 0 aliphatic heterocycles. The molecule has 0 saturated carbocycles. The molecular formula is C18H20O5. The molecule has 2 rings (SSSR count). The van der Waals surface area contributed by atoms with Gasteiger partial charge < -0.3 is 19.7 Å². The first kappa shape index (κ1) is 16.7. The highest BCUT2D eigenvalue weighted by molar-refractivity contribution is 5.92. The molecule has 2 N–H and O–H groups in total. The van der Waals surface area contributed by atoms with Crippen LogP contribution in [0.1, 0.15) is 25.0 Å². The van der Waals surface area contributed by atoms with Crippen molar-refractivity contribution in [3.05, 3.63) is 47.5 Å². The van der Waals surface area contributed by atoms with E-state index in [0.29, 0.717) is 16.9 Å². The van der Waals surface area contributed by atoms with Crippen molar-refractivity contribution in [3.63, 3.8) is 0 Å². The van der Waals surface area contributed by atoms with E-state index in [2.05, 4.69) is 0 Å². The molecule has 1 unspecified atom stereocenters. The van der Waals surface area contributed by atoms with Gasteiger partial charge in [0.15, 0.2) is 11.5 Å². The lowest BCUT2D eigenvalue weighted by atomic mass is 9.73. The topological polar surface area (TPSA) is 76.0 Å². The van der Waals surface area contributed by atoms with Crippen molar-refractivity contribution in [1.29, 1.82) is 0 Å². The molecule has 0 bridgehead atoms. The molecule has 0 saturated heterocycles. The van der Waals surface area contributed by atoms with E-state index in [4.69, 9.17) is 9.47 Å². The number of rotatable bonds is 5. The van der Waals surface area contributed by atoms with Crippen LogP contribution >= 0.6 is 0 Å². The first-order chi connectivity index (χ1) is 10.8. The molecule has 122 valence electrons. The van der Waals surface area contributed by atoms with Gasteiger partial charge in [0, 0.05) is 11.6 Å². The molecule has 0 aromatic heterocycles. The van der Waals surface area contributed by atoms with Gasteiger partial charge in [0.2, 0.25) is 0 Å². The first-order valence-corrected chi connectivity index (χ1v) is 7.10. The molecule has 0 spiro atoms. The summed E-state index contributed by atoms with van der Waals surface area (Å²) in [6, 6.07) is 9.43. The number of Topliss-reactive ketones (excluding diaryl/α,β-unsaturated/α-hetero) is 1. The third-order valence-corrected chi connectivity index (χ3v) is 4.18. The van der Waals surface area contributed by atoms with E-state index < -0.39 is 5.41 Å². The lowest BCUT2D eigenvalue weighted by molar-refractivity contribution is -0.120. The van der Waals surface area contributed by atoms with Gasteiger partial charge in [0.05, 0.1) is 19.6 Å². The maximum Gasteiger partial charge on any atom is 0.160 e. The summed E-state index contributed by atoms with van der Waals surface area (Å²) in [4.78, 5) is 12.5. The van der Waals surface area contributed by atoms with Crippen molar-refractivity contribution < 1.29 is 24.5 Å². The fourth-order valence-electron chi connectivity index (χ4n) is 2.63. The number of phenolic OH excluding ortho intramolecular Hbond substituents is 2. The summed E-state index contributed by atoms with van der Waals surface area (Å²) < 4.78 is 10.5. The fraction of sp³-hybridized carbons (Fsp3) is 0.278. The second kappa shape index (κ2) is 6.20. The molecule has 0 aliphatic rings. The van der Waals surface area contributed by atoms with Gasteiger partial charge in [0.25, 0.3) is 0 Å². The maximum atomic E-state index is 12.5. The van der Waals surface area contributed by atoms with Crippen molar-refractivity contribution in [3.8, 4) is 23.0 Å². The van der Waals surface area contributed by atoms with Gasteiger partial charge in [-0.05, 0) is 37.6 Å². The predicted octanol–water partition coefficient (Wildman–Crippen LogP) is 3.01. The average molecular weight is 316 g/mol. The van der Waals surface area contributed by atoms with Crippen LogP contribution in [0.4, 0.5) is 0 Å². The molecule has 2 aromatic carbocycles.